The Morgan fingerprint density at radius 1 is 1.39 bits per heavy atom. The lowest BCUT2D eigenvalue weighted by atomic mass is 10.2. The highest BCUT2D eigenvalue weighted by Crippen LogP contribution is 2.11. The van der Waals surface area contributed by atoms with Gasteiger partial charge in [0.1, 0.15) is 6.61 Å². The van der Waals surface area contributed by atoms with Crippen LogP contribution in [0.4, 0.5) is 0 Å². The Morgan fingerprint density at radius 2 is 2.00 bits per heavy atom. The van der Waals surface area contributed by atoms with Crippen molar-refractivity contribution >= 4 is 5.91 Å². The Balaban J connectivity index is 2.48. The van der Waals surface area contributed by atoms with Crippen LogP contribution in [0.1, 0.15) is 37.7 Å². The molecule has 0 bridgehead atoms. The van der Waals surface area contributed by atoms with Crippen LogP contribution in [-0.4, -0.2) is 27.9 Å². The van der Waals surface area contributed by atoms with Crippen molar-refractivity contribution in [3.05, 3.63) is 17.0 Å². The summed E-state index contributed by atoms with van der Waals surface area (Å²) in [7, 11) is 1.90. The lowest BCUT2D eigenvalue weighted by Crippen LogP contribution is -2.32. The van der Waals surface area contributed by atoms with E-state index in [1.54, 1.807) is 0 Å². The third kappa shape index (κ3) is 4.14. The number of carbonyl (C=O) groups is 1. The molecule has 1 heterocycles. The molecule has 102 valence electrons. The number of carbonyl (C=O) groups excluding carboxylic acids is 1. The zero-order valence-electron chi connectivity index (χ0n) is 12.1. The summed E-state index contributed by atoms with van der Waals surface area (Å²) in [6.07, 6.45) is 0. The quantitative estimate of drug-likeness (QED) is 0.884. The number of ether oxygens (including phenoxy) is 1. The van der Waals surface area contributed by atoms with Gasteiger partial charge in [0, 0.05) is 24.8 Å². The highest BCUT2D eigenvalue weighted by molar-refractivity contribution is 5.77. The van der Waals surface area contributed by atoms with Gasteiger partial charge in [0.2, 0.25) is 5.91 Å². The van der Waals surface area contributed by atoms with Crippen LogP contribution in [-0.2, 0) is 23.1 Å². The van der Waals surface area contributed by atoms with E-state index in [9.17, 15) is 4.79 Å². The first-order chi connectivity index (χ1) is 8.20. The molecule has 0 spiro atoms. The first kappa shape index (κ1) is 14.7. The number of nitrogens with zero attached hydrogens (tertiary/aromatic N) is 2. The van der Waals surface area contributed by atoms with Crippen molar-refractivity contribution in [3.63, 3.8) is 0 Å². The van der Waals surface area contributed by atoms with Crippen LogP contribution in [0.15, 0.2) is 0 Å². The van der Waals surface area contributed by atoms with E-state index in [0.717, 1.165) is 17.0 Å². The van der Waals surface area contributed by atoms with E-state index in [4.69, 9.17) is 4.74 Å². The van der Waals surface area contributed by atoms with E-state index < -0.39 is 0 Å². The number of hydrogen-bond donors (Lipinski definition) is 1. The fourth-order valence-corrected chi connectivity index (χ4v) is 1.59. The van der Waals surface area contributed by atoms with E-state index in [1.807, 2.05) is 46.3 Å². The molecule has 5 nitrogen and oxygen atoms in total. The average molecular weight is 253 g/mol. The Bertz CT molecular complexity index is 430. The average Bonchev–Trinajstić information content (AvgIpc) is 2.47. The van der Waals surface area contributed by atoms with Gasteiger partial charge in [0.15, 0.2) is 0 Å². The summed E-state index contributed by atoms with van der Waals surface area (Å²) in [6.45, 7) is 10.3. The van der Waals surface area contributed by atoms with Gasteiger partial charge in [-0.25, -0.2) is 0 Å². The molecule has 1 rings (SSSR count). The van der Waals surface area contributed by atoms with E-state index in [1.165, 1.54) is 0 Å². The molecule has 1 N–H and O–H groups in total. The van der Waals surface area contributed by atoms with Gasteiger partial charge in [-0.3, -0.25) is 9.48 Å². The summed E-state index contributed by atoms with van der Waals surface area (Å²) in [4.78, 5) is 11.6. The van der Waals surface area contributed by atoms with Crippen molar-refractivity contribution < 1.29 is 9.53 Å². The molecule has 0 radical (unpaired) electrons. The third-order valence-corrected chi connectivity index (χ3v) is 2.76. The molecule has 0 saturated carbocycles. The highest BCUT2D eigenvalue weighted by atomic mass is 16.5. The lowest BCUT2D eigenvalue weighted by molar-refractivity contribution is -0.130. The van der Waals surface area contributed by atoms with E-state index in [-0.39, 0.29) is 18.1 Å². The van der Waals surface area contributed by atoms with Crippen LogP contribution in [0.5, 0.6) is 0 Å². The maximum atomic E-state index is 11.6. The van der Waals surface area contributed by atoms with Gasteiger partial charge in [-0.1, -0.05) is 0 Å². The Labute approximate surface area is 109 Å². The van der Waals surface area contributed by atoms with Crippen LogP contribution in [0, 0.1) is 13.8 Å². The molecule has 1 aromatic rings. The smallest absolute Gasteiger partial charge is 0.246 e. The second-order valence-electron chi connectivity index (χ2n) is 5.45. The molecule has 0 aliphatic heterocycles. The maximum Gasteiger partial charge on any atom is 0.246 e. The highest BCUT2D eigenvalue weighted by Gasteiger charge is 2.14. The number of amides is 1. The zero-order valence-corrected chi connectivity index (χ0v) is 12.1. The SMILES string of the molecule is Cc1nn(C)c(C)c1CNC(=O)COC(C)(C)C. The minimum absolute atomic E-state index is 0.0852. The minimum atomic E-state index is -0.294. The summed E-state index contributed by atoms with van der Waals surface area (Å²) in [6, 6.07) is 0. The molecule has 0 aromatic carbocycles. The van der Waals surface area contributed by atoms with E-state index in [0.29, 0.717) is 6.54 Å². The predicted octanol–water partition coefficient (Wildman–Crippen LogP) is 1.47. The van der Waals surface area contributed by atoms with Crippen molar-refractivity contribution in [2.75, 3.05) is 6.61 Å². The molecule has 1 amide bonds. The summed E-state index contributed by atoms with van der Waals surface area (Å²) in [5.74, 6) is -0.104. The summed E-state index contributed by atoms with van der Waals surface area (Å²) in [5, 5.41) is 7.16. The standard InChI is InChI=1S/C13H23N3O2/c1-9-11(10(2)16(6)15-9)7-14-12(17)8-18-13(3,4)5/h7-8H2,1-6H3,(H,14,17). The van der Waals surface area contributed by atoms with Crippen LogP contribution in [0.3, 0.4) is 0 Å². The molecule has 0 unspecified atom stereocenters. The molecule has 0 atom stereocenters. The molecule has 0 aliphatic carbocycles. The van der Waals surface area contributed by atoms with Crippen molar-refractivity contribution in [3.8, 4) is 0 Å². The van der Waals surface area contributed by atoms with Gasteiger partial charge in [0.25, 0.3) is 0 Å². The van der Waals surface area contributed by atoms with Crippen LogP contribution >= 0.6 is 0 Å². The number of rotatable bonds is 4. The molecular formula is C13H23N3O2. The van der Waals surface area contributed by atoms with Gasteiger partial charge in [-0.05, 0) is 34.6 Å². The number of hydrogen-bond acceptors (Lipinski definition) is 3. The van der Waals surface area contributed by atoms with E-state index >= 15 is 0 Å². The Kier molecular flexibility index (Phi) is 4.51. The largest absolute Gasteiger partial charge is 0.366 e. The molecule has 1 aromatic heterocycles. The Morgan fingerprint density at radius 3 is 2.44 bits per heavy atom. The molecule has 5 heteroatoms. The Hall–Kier alpha value is -1.36. The zero-order chi connectivity index (χ0) is 13.9. The van der Waals surface area contributed by atoms with Gasteiger partial charge in [-0.15, -0.1) is 0 Å². The van der Waals surface area contributed by atoms with Gasteiger partial charge in [-0.2, -0.15) is 5.10 Å². The lowest BCUT2D eigenvalue weighted by Gasteiger charge is -2.19. The first-order valence-electron chi connectivity index (χ1n) is 6.10. The summed E-state index contributed by atoms with van der Waals surface area (Å²) >= 11 is 0. The maximum absolute atomic E-state index is 11.6. The van der Waals surface area contributed by atoms with Crippen molar-refractivity contribution in [2.24, 2.45) is 7.05 Å². The molecular weight excluding hydrogens is 230 g/mol. The number of aryl methyl sites for hydroxylation is 2. The normalized spacial score (nSPS) is 11.7. The van der Waals surface area contributed by atoms with Crippen molar-refractivity contribution in [2.45, 2.75) is 46.8 Å². The fraction of sp³-hybridized carbons (Fsp3) is 0.692. The van der Waals surface area contributed by atoms with Gasteiger partial charge < -0.3 is 10.1 Å². The topological polar surface area (TPSA) is 56.2 Å². The number of nitrogens with one attached hydrogen (secondary N) is 1. The van der Waals surface area contributed by atoms with E-state index in [2.05, 4.69) is 10.4 Å². The van der Waals surface area contributed by atoms with Crippen LogP contribution in [0.2, 0.25) is 0 Å². The molecule has 0 aliphatic rings. The second-order valence-corrected chi connectivity index (χ2v) is 5.45. The number of aromatic nitrogens is 2. The van der Waals surface area contributed by atoms with Crippen LogP contribution in [0.25, 0.3) is 0 Å². The van der Waals surface area contributed by atoms with Crippen molar-refractivity contribution in [1.82, 2.24) is 15.1 Å². The molecule has 0 fully saturated rings. The molecule has 18 heavy (non-hydrogen) atoms. The van der Waals surface area contributed by atoms with Gasteiger partial charge in [0.05, 0.1) is 11.3 Å². The molecule has 0 saturated heterocycles. The monoisotopic (exact) mass is 253 g/mol. The van der Waals surface area contributed by atoms with Crippen molar-refractivity contribution in [1.29, 1.82) is 0 Å². The predicted molar refractivity (Wildman–Crippen MR) is 70.2 cm³/mol. The van der Waals surface area contributed by atoms with Gasteiger partial charge >= 0.3 is 0 Å². The summed E-state index contributed by atoms with van der Waals surface area (Å²) in [5.41, 5.74) is 2.80. The second kappa shape index (κ2) is 5.52. The van der Waals surface area contributed by atoms with Crippen LogP contribution < -0.4 is 5.32 Å². The minimum Gasteiger partial charge on any atom is -0.366 e. The third-order valence-electron chi connectivity index (χ3n) is 2.76. The fourth-order valence-electron chi connectivity index (χ4n) is 1.59. The first-order valence-corrected chi connectivity index (χ1v) is 6.10. The summed E-state index contributed by atoms with van der Waals surface area (Å²) < 4.78 is 7.23.